The summed E-state index contributed by atoms with van der Waals surface area (Å²) in [5, 5.41) is 0. The van der Waals surface area contributed by atoms with Gasteiger partial charge in [0.2, 0.25) is 0 Å². The molecular weight excluding hydrogens is 338 g/mol. The molecule has 1 heterocycles. The Balaban J connectivity index is 1.72. The molecule has 6 heteroatoms. The van der Waals surface area contributed by atoms with Gasteiger partial charge in [-0.05, 0) is 36.2 Å². The molecule has 1 aliphatic rings. The van der Waals surface area contributed by atoms with Crippen molar-refractivity contribution in [3.8, 4) is 5.75 Å². The molecule has 0 fully saturated rings. The number of hydrogen-bond donors (Lipinski definition) is 0. The van der Waals surface area contributed by atoms with Crippen LogP contribution in [0.15, 0.2) is 53.4 Å². The van der Waals surface area contributed by atoms with Gasteiger partial charge in [-0.25, -0.2) is 8.42 Å². The second-order valence-electron chi connectivity index (χ2n) is 6.38. The summed E-state index contributed by atoms with van der Waals surface area (Å²) in [4.78, 5) is 14.7. The lowest BCUT2D eigenvalue weighted by molar-refractivity contribution is -0.138. The van der Waals surface area contributed by atoms with E-state index in [4.69, 9.17) is 4.74 Å². The summed E-state index contributed by atoms with van der Waals surface area (Å²) in [6.07, 6.45) is 1.23. The maximum Gasteiger partial charge on any atom is 0.264 e. The highest BCUT2D eigenvalue weighted by molar-refractivity contribution is 7.90. The van der Waals surface area contributed by atoms with Crippen molar-refractivity contribution in [1.29, 1.82) is 0 Å². The van der Waals surface area contributed by atoms with Gasteiger partial charge < -0.3 is 9.64 Å². The number of likely N-dealkylation sites (N-methyl/N-ethyl adjacent to an activating group) is 1. The van der Waals surface area contributed by atoms with E-state index >= 15 is 0 Å². The van der Waals surface area contributed by atoms with Crippen molar-refractivity contribution < 1.29 is 17.9 Å². The highest BCUT2D eigenvalue weighted by Crippen LogP contribution is 2.30. The third-order valence-electron chi connectivity index (χ3n) is 4.64. The van der Waals surface area contributed by atoms with Gasteiger partial charge in [-0.1, -0.05) is 30.3 Å². The number of benzene rings is 2. The SMILES string of the molecule is C[C@H](c1ccc(S(C)(=O)=O)cc1)N(C)C(=O)[C@H]1Cc2ccccc2O1. The van der Waals surface area contributed by atoms with Crippen LogP contribution in [0.3, 0.4) is 0 Å². The molecule has 0 bridgehead atoms. The summed E-state index contributed by atoms with van der Waals surface area (Å²) < 4.78 is 28.9. The van der Waals surface area contributed by atoms with E-state index in [1.54, 1.807) is 36.2 Å². The number of nitrogens with zero attached hydrogens (tertiary/aromatic N) is 1. The smallest absolute Gasteiger partial charge is 0.264 e. The summed E-state index contributed by atoms with van der Waals surface area (Å²) in [6, 6.07) is 14.1. The average molecular weight is 359 g/mol. The van der Waals surface area contributed by atoms with Crippen LogP contribution in [-0.4, -0.2) is 38.6 Å². The normalized spacial score (nSPS) is 17.5. The fourth-order valence-electron chi connectivity index (χ4n) is 2.95. The summed E-state index contributed by atoms with van der Waals surface area (Å²) >= 11 is 0. The van der Waals surface area contributed by atoms with Crippen LogP contribution in [0.2, 0.25) is 0 Å². The second kappa shape index (κ2) is 6.52. The first kappa shape index (κ1) is 17.5. The summed E-state index contributed by atoms with van der Waals surface area (Å²) in [5.74, 6) is 0.676. The molecule has 132 valence electrons. The Morgan fingerprint density at radius 3 is 2.40 bits per heavy atom. The van der Waals surface area contributed by atoms with E-state index < -0.39 is 15.9 Å². The van der Waals surface area contributed by atoms with Gasteiger partial charge in [0.25, 0.3) is 5.91 Å². The van der Waals surface area contributed by atoms with E-state index in [0.29, 0.717) is 6.42 Å². The molecule has 3 rings (SSSR count). The number of hydrogen-bond acceptors (Lipinski definition) is 4. The minimum absolute atomic E-state index is 0.0871. The molecule has 0 spiro atoms. The number of sulfone groups is 1. The first-order valence-corrected chi connectivity index (χ1v) is 9.98. The first-order chi connectivity index (χ1) is 11.8. The van der Waals surface area contributed by atoms with E-state index in [1.165, 1.54) is 6.26 Å². The summed E-state index contributed by atoms with van der Waals surface area (Å²) in [5.41, 5.74) is 1.91. The molecule has 0 saturated heterocycles. The molecule has 0 radical (unpaired) electrons. The molecule has 2 aromatic rings. The topological polar surface area (TPSA) is 63.7 Å². The average Bonchev–Trinajstić information content (AvgIpc) is 3.03. The highest BCUT2D eigenvalue weighted by atomic mass is 32.2. The van der Waals surface area contributed by atoms with E-state index in [-0.39, 0.29) is 16.8 Å². The number of amides is 1. The molecule has 0 aromatic heterocycles. The standard InChI is InChI=1S/C19H21NO4S/c1-13(14-8-10-16(11-9-14)25(3,22)23)20(2)19(21)18-12-15-6-4-5-7-17(15)24-18/h4-11,13,18H,12H2,1-3H3/t13-,18-/m1/s1. The Morgan fingerprint density at radius 2 is 1.80 bits per heavy atom. The molecule has 1 amide bonds. The Bertz CT molecular complexity index is 865. The van der Waals surface area contributed by atoms with Crippen LogP contribution in [-0.2, 0) is 21.1 Å². The van der Waals surface area contributed by atoms with E-state index in [9.17, 15) is 13.2 Å². The van der Waals surface area contributed by atoms with Gasteiger partial charge in [0, 0.05) is 19.7 Å². The van der Waals surface area contributed by atoms with Gasteiger partial charge in [-0.3, -0.25) is 4.79 Å². The second-order valence-corrected chi connectivity index (χ2v) is 8.40. The predicted molar refractivity (Wildman–Crippen MR) is 95.3 cm³/mol. The third kappa shape index (κ3) is 3.54. The summed E-state index contributed by atoms with van der Waals surface area (Å²) in [6.45, 7) is 1.91. The van der Waals surface area contributed by atoms with Crippen molar-refractivity contribution in [2.75, 3.05) is 13.3 Å². The van der Waals surface area contributed by atoms with Crippen LogP contribution in [0.5, 0.6) is 5.75 Å². The van der Waals surface area contributed by atoms with Crippen LogP contribution in [0.4, 0.5) is 0 Å². The van der Waals surface area contributed by atoms with Crippen molar-refractivity contribution in [1.82, 2.24) is 4.90 Å². The van der Waals surface area contributed by atoms with Gasteiger partial charge in [-0.15, -0.1) is 0 Å². The minimum Gasteiger partial charge on any atom is -0.480 e. The van der Waals surface area contributed by atoms with E-state index in [0.717, 1.165) is 16.9 Å². The molecule has 2 atom stereocenters. The van der Waals surface area contributed by atoms with Crippen LogP contribution in [0.1, 0.15) is 24.1 Å². The van der Waals surface area contributed by atoms with Crippen LogP contribution >= 0.6 is 0 Å². The van der Waals surface area contributed by atoms with Crippen molar-refractivity contribution in [3.05, 3.63) is 59.7 Å². The lowest BCUT2D eigenvalue weighted by Gasteiger charge is -2.27. The molecule has 2 aromatic carbocycles. The number of ether oxygens (including phenoxy) is 1. The zero-order valence-corrected chi connectivity index (χ0v) is 15.3. The number of carbonyl (C=O) groups is 1. The van der Waals surface area contributed by atoms with Crippen molar-refractivity contribution in [2.45, 2.75) is 30.4 Å². The largest absolute Gasteiger partial charge is 0.480 e. The number of fused-ring (bicyclic) bond motifs is 1. The summed E-state index contributed by atoms with van der Waals surface area (Å²) in [7, 11) is -1.49. The lowest BCUT2D eigenvalue weighted by Crippen LogP contribution is -2.40. The van der Waals surface area contributed by atoms with Gasteiger partial charge in [0.15, 0.2) is 15.9 Å². The first-order valence-electron chi connectivity index (χ1n) is 8.08. The maximum absolute atomic E-state index is 12.8. The van der Waals surface area contributed by atoms with Crippen molar-refractivity contribution in [2.24, 2.45) is 0 Å². The van der Waals surface area contributed by atoms with Gasteiger partial charge in [0.1, 0.15) is 5.75 Å². The Labute approximate surface area is 148 Å². The molecule has 0 unspecified atom stereocenters. The molecular formula is C19H21NO4S. The van der Waals surface area contributed by atoms with Gasteiger partial charge >= 0.3 is 0 Å². The molecule has 0 aliphatic carbocycles. The number of carbonyl (C=O) groups excluding carboxylic acids is 1. The molecule has 5 nitrogen and oxygen atoms in total. The Morgan fingerprint density at radius 1 is 1.16 bits per heavy atom. The quantitative estimate of drug-likeness (QED) is 0.842. The van der Waals surface area contributed by atoms with Crippen molar-refractivity contribution >= 4 is 15.7 Å². The zero-order valence-electron chi connectivity index (χ0n) is 14.5. The van der Waals surface area contributed by atoms with E-state index in [1.807, 2.05) is 31.2 Å². The van der Waals surface area contributed by atoms with Gasteiger partial charge in [-0.2, -0.15) is 0 Å². The monoisotopic (exact) mass is 359 g/mol. The number of rotatable bonds is 4. The van der Waals surface area contributed by atoms with Crippen LogP contribution < -0.4 is 4.74 Å². The van der Waals surface area contributed by atoms with E-state index in [2.05, 4.69) is 0 Å². The van der Waals surface area contributed by atoms with Crippen molar-refractivity contribution in [3.63, 3.8) is 0 Å². The zero-order chi connectivity index (χ0) is 18.2. The molecule has 0 saturated carbocycles. The predicted octanol–water partition coefficient (Wildman–Crippen LogP) is 2.61. The minimum atomic E-state index is -3.23. The third-order valence-corrected chi connectivity index (χ3v) is 5.77. The molecule has 1 aliphatic heterocycles. The van der Waals surface area contributed by atoms with Crippen LogP contribution in [0.25, 0.3) is 0 Å². The lowest BCUT2D eigenvalue weighted by atomic mass is 10.1. The maximum atomic E-state index is 12.8. The fourth-order valence-corrected chi connectivity index (χ4v) is 3.59. The molecule has 25 heavy (non-hydrogen) atoms. The Kier molecular flexibility index (Phi) is 4.56. The Hall–Kier alpha value is -2.34. The molecule has 0 N–H and O–H groups in total. The number of para-hydroxylation sites is 1. The van der Waals surface area contributed by atoms with Crippen LogP contribution in [0, 0.1) is 0 Å². The fraction of sp³-hybridized carbons (Fsp3) is 0.316. The highest BCUT2D eigenvalue weighted by Gasteiger charge is 2.32. The van der Waals surface area contributed by atoms with Gasteiger partial charge in [0.05, 0.1) is 10.9 Å².